The van der Waals surface area contributed by atoms with Gasteiger partial charge in [-0.25, -0.2) is 8.42 Å². The van der Waals surface area contributed by atoms with Crippen LogP contribution in [-0.4, -0.2) is 43.2 Å². The van der Waals surface area contributed by atoms with Crippen LogP contribution in [0, 0.1) is 0 Å². The molecule has 6 heteroatoms. The lowest BCUT2D eigenvalue weighted by Crippen LogP contribution is -2.27. The number of sulfone groups is 1. The van der Waals surface area contributed by atoms with E-state index >= 15 is 0 Å². The summed E-state index contributed by atoms with van der Waals surface area (Å²) in [5, 5.41) is 9.15. The standard InChI is InChI=1S/C11H22O5S/c1-5-11(16-9(3)12)7-10(13)6-8(2)17(4,14)15/h8,10-11,13H,5-7H2,1-4H3. The van der Waals surface area contributed by atoms with E-state index in [-0.39, 0.29) is 24.9 Å². The highest BCUT2D eigenvalue weighted by Crippen LogP contribution is 2.14. The Hall–Kier alpha value is -0.620. The molecule has 0 aromatic carbocycles. The molecule has 17 heavy (non-hydrogen) atoms. The van der Waals surface area contributed by atoms with Crippen molar-refractivity contribution in [1.82, 2.24) is 0 Å². The van der Waals surface area contributed by atoms with Crippen molar-refractivity contribution in [3.8, 4) is 0 Å². The average Bonchev–Trinajstić information content (AvgIpc) is 2.14. The molecule has 5 nitrogen and oxygen atoms in total. The number of carbonyl (C=O) groups excluding carboxylic acids is 1. The summed E-state index contributed by atoms with van der Waals surface area (Å²) in [6, 6.07) is 0. The second-order valence-corrected chi connectivity index (χ2v) is 6.87. The third-order valence-electron chi connectivity index (χ3n) is 2.66. The SMILES string of the molecule is CCC(CC(O)CC(C)S(C)(=O)=O)OC(C)=O. The number of esters is 1. The van der Waals surface area contributed by atoms with Crippen LogP contribution < -0.4 is 0 Å². The quantitative estimate of drug-likeness (QED) is 0.692. The van der Waals surface area contributed by atoms with E-state index in [1.807, 2.05) is 6.92 Å². The fourth-order valence-corrected chi connectivity index (χ4v) is 2.06. The van der Waals surface area contributed by atoms with Gasteiger partial charge in [-0.2, -0.15) is 0 Å². The summed E-state index contributed by atoms with van der Waals surface area (Å²) in [5.74, 6) is -0.389. The van der Waals surface area contributed by atoms with Gasteiger partial charge in [0.15, 0.2) is 0 Å². The number of rotatable bonds is 7. The summed E-state index contributed by atoms with van der Waals surface area (Å²) in [7, 11) is -3.13. The van der Waals surface area contributed by atoms with Gasteiger partial charge in [-0.15, -0.1) is 0 Å². The molecule has 0 aromatic rings. The molecule has 0 aliphatic rings. The first-order valence-corrected chi connectivity index (χ1v) is 7.66. The highest BCUT2D eigenvalue weighted by atomic mass is 32.2. The Balaban J connectivity index is 4.24. The fraction of sp³-hybridized carbons (Fsp3) is 0.909. The van der Waals surface area contributed by atoms with Crippen LogP contribution in [0.15, 0.2) is 0 Å². The molecule has 0 heterocycles. The lowest BCUT2D eigenvalue weighted by atomic mass is 10.1. The molecule has 0 aliphatic carbocycles. The number of hydrogen-bond acceptors (Lipinski definition) is 5. The molecule has 3 unspecified atom stereocenters. The van der Waals surface area contributed by atoms with E-state index in [4.69, 9.17) is 4.74 Å². The van der Waals surface area contributed by atoms with Crippen molar-refractivity contribution in [2.75, 3.05) is 6.26 Å². The average molecular weight is 266 g/mol. The van der Waals surface area contributed by atoms with E-state index < -0.39 is 21.2 Å². The molecular weight excluding hydrogens is 244 g/mol. The summed E-state index contributed by atoms with van der Waals surface area (Å²) >= 11 is 0. The number of aliphatic hydroxyl groups excluding tert-OH is 1. The monoisotopic (exact) mass is 266 g/mol. The van der Waals surface area contributed by atoms with Crippen LogP contribution in [-0.2, 0) is 19.4 Å². The van der Waals surface area contributed by atoms with Gasteiger partial charge in [-0.05, 0) is 19.8 Å². The van der Waals surface area contributed by atoms with Gasteiger partial charge < -0.3 is 9.84 Å². The van der Waals surface area contributed by atoms with Gasteiger partial charge in [0.1, 0.15) is 15.9 Å². The van der Waals surface area contributed by atoms with Crippen molar-refractivity contribution >= 4 is 15.8 Å². The van der Waals surface area contributed by atoms with Crippen LogP contribution in [0.5, 0.6) is 0 Å². The molecule has 3 atom stereocenters. The smallest absolute Gasteiger partial charge is 0.302 e. The summed E-state index contributed by atoms with van der Waals surface area (Å²) < 4.78 is 27.4. The minimum absolute atomic E-state index is 0.163. The summed E-state index contributed by atoms with van der Waals surface area (Å²) in [6.07, 6.45) is 1.06. The van der Waals surface area contributed by atoms with Crippen LogP contribution in [0.3, 0.4) is 0 Å². The van der Waals surface area contributed by atoms with Crippen molar-refractivity contribution in [1.29, 1.82) is 0 Å². The number of hydrogen-bond donors (Lipinski definition) is 1. The minimum Gasteiger partial charge on any atom is -0.462 e. The van der Waals surface area contributed by atoms with E-state index in [0.29, 0.717) is 6.42 Å². The van der Waals surface area contributed by atoms with Crippen LogP contribution in [0.2, 0.25) is 0 Å². The summed E-state index contributed by atoms with van der Waals surface area (Å²) in [6.45, 7) is 4.72. The molecule has 102 valence electrons. The zero-order valence-electron chi connectivity index (χ0n) is 10.8. The lowest BCUT2D eigenvalue weighted by molar-refractivity contribution is -0.147. The first-order chi connectivity index (χ1) is 7.66. The van der Waals surface area contributed by atoms with Crippen molar-refractivity contribution in [3.05, 3.63) is 0 Å². The van der Waals surface area contributed by atoms with Crippen molar-refractivity contribution in [2.24, 2.45) is 0 Å². The molecule has 0 bridgehead atoms. The Morgan fingerprint density at radius 3 is 2.24 bits per heavy atom. The molecule has 0 amide bonds. The normalized spacial score (nSPS) is 17.2. The molecule has 0 aliphatic heterocycles. The van der Waals surface area contributed by atoms with E-state index in [1.165, 1.54) is 6.92 Å². The molecular formula is C11H22O5S. The van der Waals surface area contributed by atoms with E-state index in [9.17, 15) is 18.3 Å². The predicted molar refractivity (Wildman–Crippen MR) is 65.4 cm³/mol. The van der Waals surface area contributed by atoms with Gasteiger partial charge in [0.25, 0.3) is 0 Å². The molecule has 1 N–H and O–H groups in total. The van der Waals surface area contributed by atoms with Gasteiger partial charge in [0, 0.05) is 19.6 Å². The van der Waals surface area contributed by atoms with E-state index in [1.54, 1.807) is 6.92 Å². The molecule has 0 radical (unpaired) electrons. The van der Waals surface area contributed by atoms with Gasteiger partial charge in [-0.3, -0.25) is 4.79 Å². The molecule has 0 aromatic heterocycles. The topological polar surface area (TPSA) is 80.7 Å². The lowest BCUT2D eigenvalue weighted by Gasteiger charge is -2.20. The number of ether oxygens (including phenoxy) is 1. The second-order valence-electron chi connectivity index (χ2n) is 4.41. The third-order valence-corrected chi connectivity index (χ3v) is 4.31. The van der Waals surface area contributed by atoms with Gasteiger partial charge >= 0.3 is 5.97 Å². The molecule has 0 spiro atoms. The fourth-order valence-electron chi connectivity index (χ4n) is 1.49. The van der Waals surface area contributed by atoms with Crippen LogP contribution in [0.1, 0.15) is 40.0 Å². The van der Waals surface area contributed by atoms with Gasteiger partial charge in [0.05, 0.1) is 11.4 Å². The molecule has 0 fully saturated rings. The Morgan fingerprint density at radius 2 is 1.88 bits per heavy atom. The molecule has 0 rings (SSSR count). The zero-order chi connectivity index (χ0) is 13.6. The number of carbonyl (C=O) groups is 1. The predicted octanol–water partition coefficient (Wildman–Crippen LogP) is 0.902. The molecule has 0 saturated carbocycles. The summed E-state index contributed by atoms with van der Waals surface area (Å²) in [4.78, 5) is 10.8. The summed E-state index contributed by atoms with van der Waals surface area (Å²) in [5.41, 5.74) is 0. The highest BCUT2D eigenvalue weighted by Gasteiger charge is 2.22. The Kier molecular flexibility index (Phi) is 6.70. The third kappa shape index (κ3) is 7.33. The van der Waals surface area contributed by atoms with Crippen molar-refractivity contribution in [2.45, 2.75) is 57.5 Å². The Bertz CT molecular complexity index is 336. The molecule has 0 saturated heterocycles. The Morgan fingerprint density at radius 1 is 1.35 bits per heavy atom. The maximum atomic E-state index is 11.2. The van der Waals surface area contributed by atoms with Gasteiger partial charge in [-0.1, -0.05) is 6.92 Å². The van der Waals surface area contributed by atoms with Crippen LogP contribution in [0.25, 0.3) is 0 Å². The Labute approximate surface area is 103 Å². The van der Waals surface area contributed by atoms with Crippen molar-refractivity contribution in [3.63, 3.8) is 0 Å². The minimum atomic E-state index is -3.13. The number of aliphatic hydroxyl groups is 1. The largest absolute Gasteiger partial charge is 0.462 e. The van der Waals surface area contributed by atoms with E-state index in [2.05, 4.69) is 0 Å². The first-order valence-electron chi connectivity index (χ1n) is 5.71. The van der Waals surface area contributed by atoms with Crippen LogP contribution >= 0.6 is 0 Å². The van der Waals surface area contributed by atoms with Crippen LogP contribution in [0.4, 0.5) is 0 Å². The zero-order valence-corrected chi connectivity index (χ0v) is 11.7. The van der Waals surface area contributed by atoms with Gasteiger partial charge in [0.2, 0.25) is 0 Å². The maximum absolute atomic E-state index is 11.2. The van der Waals surface area contributed by atoms with E-state index in [0.717, 1.165) is 6.26 Å². The highest BCUT2D eigenvalue weighted by molar-refractivity contribution is 7.91. The second kappa shape index (κ2) is 6.96. The first kappa shape index (κ1) is 16.4. The van der Waals surface area contributed by atoms with Crippen molar-refractivity contribution < 1.29 is 23.1 Å². The maximum Gasteiger partial charge on any atom is 0.302 e.